The Morgan fingerprint density at radius 3 is 2.65 bits per heavy atom. The Labute approximate surface area is 133 Å². The van der Waals surface area contributed by atoms with Gasteiger partial charge in [0.2, 0.25) is 11.8 Å². The van der Waals surface area contributed by atoms with Gasteiger partial charge in [-0.2, -0.15) is 0 Å². The van der Waals surface area contributed by atoms with Gasteiger partial charge in [-0.3, -0.25) is 14.4 Å². The van der Waals surface area contributed by atoms with Crippen molar-refractivity contribution in [3.05, 3.63) is 23.8 Å². The van der Waals surface area contributed by atoms with Gasteiger partial charge in [0.25, 0.3) is 5.91 Å². The summed E-state index contributed by atoms with van der Waals surface area (Å²) in [5.74, 6) is -1.02. The van der Waals surface area contributed by atoms with Gasteiger partial charge in [-0.15, -0.1) is 0 Å². The maximum absolute atomic E-state index is 12.2. The Morgan fingerprint density at radius 1 is 1.35 bits per heavy atom. The van der Waals surface area contributed by atoms with Crippen molar-refractivity contribution in [3.63, 3.8) is 0 Å². The Kier molecular flexibility index (Phi) is 3.81. The zero-order chi connectivity index (χ0) is 16.6. The number of benzene rings is 1. The van der Waals surface area contributed by atoms with E-state index in [1.165, 1.54) is 0 Å². The van der Waals surface area contributed by atoms with Crippen LogP contribution in [0.5, 0.6) is 0 Å². The number of anilines is 2. The fraction of sp³-hybridized carbons (Fsp3) is 0.438. The Morgan fingerprint density at radius 2 is 2.09 bits per heavy atom. The van der Waals surface area contributed by atoms with E-state index in [4.69, 9.17) is 10.5 Å². The van der Waals surface area contributed by atoms with Crippen molar-refractivity contribution in [3.8, 4) is 0 Å². The molecule has 0 atom stereocenters. The number of nitrogens with one attached hydrogen (secondary N) is 1. The van der Waals surface area contributed by atoms with Crippen LogP contribution in [-0.4, -0.2) is 37.5 Å². The summed E-state index contributed by atoms with van der Waals surface area (Å²) < 4.78 is 5.12. The number of rotatable bonds is 4. The first kappa shape index (κ1) is 15.5. The van der Waals surface area contributed by atoms with Gasteiger partial charge in [-0.1, -0.05) is 0 Å². The van der Waals surface area contributed by atoms with E-state index in [0.29, 0.717) is 31.7 Å². The maximum Gasteiger partial charge on any atom is 0.253 e. The molecule has 2 fully saturated rings. The first-order valence-corrected chi connectivity index (χ1v) is 7.54. The zero-order valence-corrected chi connectivity index (χ0v) is 12.9. The van der Waals surface area contributed by atoms with Gasteiger partial charge in [0.05, 0.1) is 6.61 Å². The van der Waals surface area contributed by atoms with E-state index in [9.17, 15) is 14.4 Å². The Hall–Kier alpha value is -2.41. The number of hydrogen-bond donors (Lipinski definition) is 2. The molecule has 1 heterocycles. The quantitative estimate of drug-likeness (QED) is 0.792. The molecule has 1 saturated heterocycles. The summed E-state index contributed by atoms with van der Waals surface area (Å²) in [5.41, 5.74) is 6.50. The first-order valence-electron chi connectivity index (χ1n) is 7.54. The number of primary amides is 1. The van der Waals surface area contributed by atoms with E-state index in [0.717, 1.165) is 11.3 Å². The van der Waals surface area contributed by atoms with E-state index in [1.807, 2.05) is 6.92 Å². The lowest BCUT2D eigenvalue weighted by atomic mass is 10.1. The number of ether oxygens (including phenoxy) is 1. The molecule has 3 amide bonds. The molecule has 0 aromatic heterocycles. The third-order valence-corrected chi connectivity index (χ3v) is 4.39. The van der Waals surface area contributed by atoms with Crippen LogP contribution in [0.2, 0.25) is 0 Å². The molecule has 0 bridgehead atoms. The third kappa shape index (κ3) is 2.79. The average molecular weight is 317 g/mol. The van der Waals surface area contributed by atoms with Gasteiger partial charge >= 0.3 is 0 Å². The second-order valence-electron chi connectivity index (χ2n) is 6.00. The van der Waals surface area contributed by atoms with Crippen molar-refractivity contribution in [2.75, 3.05) is 30.0 Å². The molecule has 0 spiro atoms. The molecule has 7 heteroatoms. The second kappa shape index (κ2) is 5.66. The molecule has 1 aliphatic heterocycles. The zero-order valence-electron chi connectivity index (χ0n) is 12.9. The molecule has 122 valence electrons. The summed E-state index contributed by atoms with van der Waals surface area (Å²) in [4.78, 5) is 37.2. The molecule has 2 aliphatic rings. The molecule has 7 nitrogen and oxygen atoms in total. The predicted molar refractivity (Wildman–Crippen MR) is 83.8 cm³/mol. The summed E-state index contributed by atoms with van der Waals surface area (Å²) in [7, 11) is 0. The van der Waals surface area contributed by atoms with Crippen molar-refractivity contribution in [2.45, 2.75) is 19.8 Å². The molecule has 0 radical (unpaired) electrons. The van der Waals surface area contributed by atoms with E-state index in [1.54, 1.807) is 23.1 Å². The minimum Gasteiger partial charge on any atom is -0.370 e. The minimum atomic E-state index is -1.05. The van der Waals surface area contributed by atoms with Gasteiger partial charge < -0.3 is 20.7 Å². The normalized spacial score (nSPS) is 19.3. The van der Waals surface area contributed by atoms with Crippen molar-refractivity contribution < 1.29 is 19.1 Å². The van der Waals surface area contributed by atoms with Crippen molar-refractivity contribution >= 4 is 29.1 Å². The molecule has 1 saturated carbocycles. The molecule has 0 unspecified atom stereocenters. The van der Waals surface area contributed by atoms with E-state index >= 15 is 0 Å². The highest BCUT2D eigenvalue weighted by Gasteiger charge is 2.55. The second-order valence-corrected chi connectivity index (χ2v) is 6.00. The summed E-state index contributed by atoms with van der Waals surface area (Å²) >= 11 is 0. The lowest BCUT2D eigenvalue weighted by molar-refractivity contribution is -0.132. The highest BCUT2D eigenvalue weighted by Crippen LogP contribution is 2.46. The molecule has 1 aliphatic carbocycles. The lowest BCUT2D eigenvalue weighted by Gasteiger charge is -2.28. The van der Waals surface area contributed by atoms with Crippen LogP contribution in [0.4, 0.5) is 11.4 Å². The summed E-state index contributed by atoms with van der Waals surface area (Å²) in [6, 6.07) is 5.30. The highest BCUT2D eigenvalue weighted by molar-refractivity contribution is 6.12. The number of hydrogen-bond acceptors (Lipinski definition) is 4. The van der Waals surface area contributed by atoms with Crippen LogP contribution in [0.1, 0.15) is 18.4 Å². The number of carbonyl (C=O) groups is 3. The van der Waals surface area contributed by atoms with E-state index < -0.39 is 11.3 Å². The maximum atomic E-state index is 12.2. The van der Waals surface area contributed by atoms with Crippen LogP contribution in [0.3, 0.4) is 0 Å². The largest absolute Gasteiger partial charge is 0.370 e. The lowest BCUT2D eigenvalue weighted by Crippen LogP contribution is -2.42. The topological polar surface area (TPSA) is 102 Å². The van der Waals surface area contributed by atoms with Gasteiger partial charge in [-0.05, 0) is 43.5 Å². The molecular weight excluding hydrogens is 298 g/mol. The van der Waals surface area contributed by atoms with Crippen LogP contribution >= 0.6 is 0 Å². The number of nitrogens with two attached hydrogens (primary N) is 1. The SMILES string of the molecule is Cc1cc(NC(=O)C2(C(N)=O)CC2)ccc1N1CCOCC1=O. The number of morpholine rings is 1. The molecule has 3 rings (SSSR count). The molecule has 23 heavy (non-hydrogen) atoms. The number of amides is 3. The van der Waals surface area contributed by atoms with E-state index in [2.05, 4.69) is 5.32 Å². The highest BCUT2D eigenvalue weighted by atomic mass is 16.5. The van der Waals surface area contributed by atoms with Crippen LogP contribution in [0.25, 0.3) is 0 Å². The van der Waals surface area contributed by atoms with Crippen molar-refractivity contribution in [1.82, 2.24) is 0 Å². The average Bonchev–Trinajstić information content (AvgIpc) is 3.30. The number of aryl methyl sites for hydroxylation is 1. The van der Waals surface area contributed by atoms with Crippen molar-refractivity contribution in [1.29, 1.82) is 0 Å². The monoisotopic (exact) mass is 317 g/mol. The van der Waals surface area contributed by atoms with Crippen molar-refractivity contribution in [2.24, 2.45) is 11.1 Å². The Bertz CT molecular complexity index is 682. The molecular formula is C16H19N3O4. The molecule has 3 N–H and O–H groups in total. The first-order chi connectivity index (χ1) is 10.9. The smallest absolute Gasteiger partial charge is 0.253 e. The minimum absolute atomic E-state index is 0.0817. The number of nitrogens with zero attached hydrogens (tertiary/aromatic N) is 1. The molecule has 1 aromatic carbocycles. The fourth-order valence-corrected chi connectivity index (χ4v) is 2.77. The van der Waals surface area contributed by atoms with Crippen LogP contribution in [0, 0.1) is 12.3 Å². The van der Waals surface area contributed by atoms with Crippen LogP contribution < -0.4 is 16.0 Å². The summed E-state index contributed by atoms with van der Waals surface area (Å²) in [5, 5.41) is 2.74. The van der Waals surface area contributed by atoms with Gasteiger partial charge in [0.15, 0.2) is 0 Å². The predicted octanol–water partition coefficient (Wildman–Crippen LogP) is 0.562. The van der Waals surface area contributed by atoms with Gasteiger partial charge in [0.1, 0.15) is 12.0 Å². The van der Waals surface area contributed by atoms with Gasteiger partial charge in [-0.25, -0.2) is 0 Å². The fourth-order valence-electron chi connectivity index (χ4n) is 2.77. The third-order valence-electron chi connectivity index (χ3n) is 4.39. The van der Waals surface area contributed by atoms with Gasteiger partial charge in [0, 0.05) is 17.9 Å². The van der Waals surface area contributed by atoms with E-state index in [-0.39, 0.29) is 18.4 Å². The standard InChI is InChI=1S/C16H19N3O4/c1-10-8-11(18-15(22)16(4-5-16)14(17)21)2-3-12(10)19-6-7-23-9-13(19)20/h2-3,8H,4-7,9H2,1H3,(H2,17,21)(H,18,22). The number of carbonyl (C=O) groups excluding carboxylic acids is 3. The molecule has 1 aromatic rings. The van der Waals surface area contributed by atoms with Crippen LogP contribution in [-0.2, 0) is 19.1 Å². The summed E-state index contributed by atoms with van der Waals surface area (Å²) in [6.07, 6.45) is 0.987. The van der Waals surface area contributed by atoms with Crippen LogP contribution in [0.15, 0.2) is 18.2 Å². The summed E-state index contributed by atoms with van der Waals surface area (Å²) in [6.45, 7) is 2.97. The Balaban J connectivity index is 1.76.